The molecule has 0 unspecified atom stereocenters. The Hall–Kier alpha value is -2.63. The number of benzene rings is 3. The van der Waals surface area contributed by atoms with Gasteiger partial charge in [0.2, 0.25) is 0 Å². The lowest BCUT2D eigenvalue weighted by atomic mass is 10.1. The molecule has 1 aliphatic rings. The van der Waals surface area contributed by atoms with Crippen LogP contribution in [0.2, 0.25) is 5.02 Å². The highest BCUT2D eigenvalue weighted by Gasteiger charge is 2.20. The minimum Gasteiger partial charge on any atom is -0.490 e. The third-order valence-corrected chi connectivity index (χ3v) is 6.33. The van der Waals surface area contributed by atoms with E-state index in [4.69, 9.17) is 16.3 Å². The molecule has 3 aromatic rings. The number of ether oxygens (including phenoxy) is 1. The number of hydrogen-bond acceptors (Lipinski definition) is 4. The molecule has 1 N–H and O–H groups in total. The highest BCUT2D eigenvalue weighted by molar-refractivity contribution is 7.98. The quantitative estimate of drug-likeness (QED) is 0.485. The lowest BCUT2D eigenvalue weighted by Crippen LogP contribution is -2.34. The summed E-state index contributed by atoms with van der Waals surface area (Å²) in [5.41, 5.74) is 3.92. The number of amides is 1. The molecule has 1 heterocycles. The van der Waals surface area contributed by atoms with Crippen LogP contribution in [0.25, 0.3) is 0 Å². The predicted molar refractivity (Wildman–Crippen MR) is 129 cm³/mol. The number of thioether (sulfide) groups is 1. The third-order valence-electron chi connectivity index (χ3n) is 5.35. The number of anilines is 1. The molecule has 0 saturated heterocycles. The monoisotopic (exact) mass is 452 g/mol. The molecule has 160 valence electrons. The van der Waals surface area contributed by atoms with Gasteiger partial charge >= 0.3 is 0 Å². The van der Waals surface area contributed by atoms with Crippen LogP contribution in [0.15, 0.2) is 71.6 Å². The first-order chi connectivity index (χ1) is 15.1. The average molecular weight is 453 g/mol. The summed E-state index contributed by atoms with van der Waals surface area (Å²) in [6, 6.07) is 21.9. The zero-order valence-electron chi connectivity index (χ0n) is 17.4. The summed E-state index contributed by atoms with van der Waals surface area (Å²) in [7, 11) is 0. The Morgan fingerprint density at radius 3 is 2.71 bits per heavy atom. The summed E-state index contributed by atoms with van der Waals surface area (Å²) in [6.45, 7) is 2.80. The Bertz CT molecular complexity index is 1060. The molecule has 0 fully saturated rings. The second-order valence-electron chi connectivity index (χ2n) is 7.43. The molecule has 1 amide bonds. The maximum atomic E-state index is 12.7. The van der Waals surface area contributed by atoms with E-state index in [-0.39, 0.29) is 5.91 Å². The first kappa shape index (κ1) is 21.6. The lowest BCUT2D eigenvalue weighted by molar-refractivity contribution is 0.0950. The van der Waals surface area contributed by atoms with E-state index >= 15 is 0 Å². The van der Waals surface area contributed by atoms with Crippen LogP contribution in [0.3, 0.4) is 0 Å². The zero-order chi connectivity index (χ0) is 21.6. The van der Waals surface area contributed by atoms with Crippen molar-refractivity contribution in [3.8, 4) is 5.75 Å². The van der Waals surface area contributed by atoms with Gasteiger partial charge in [-0.15, -0.1) is 11.8 Å². The van der Waals surface area contributed by atoms with Crippen LogP contribution in [0, 0.1) is 0 Å². The maximum absolute atomic E-state index is 12.7. The smallest absolute Gasteiger partial charge is 0.251 e. The minimum absolute atomic E-state index is 0.101. The summed E-state index contributed by atoms with van der Waals surface area (Å²) in [6.07, 6.45) is 2.95. The highest BCUT2D eigenvalue weighted by atomic mass is 35.5. The topological polar surface area (TPSA) is 41.6 Å². The summed E-state index contributed by atoms with van der Waals surface area (Å²) >= 11 is 7.80. The molecule has 1 aliphatic heterocycles. The molecule has 0 bridgehead atoms. The Morgan fingerprint density at radius 2 is 1.94 bits per heavy atom. The van der Waals surface area contributed by atoms with E-state index in [0.717, 1.165) is 41.5 Å². The Morgan fingerprint density at radius 1 is 1.10 bits per heavy atom. The largest absolute Gasteiger partial charge is 0.490 e. The van der Waals surface area contributed by atoms with Crippen LogP contribution in [-0.2, 0) is 13.0 Å². The van der Waals surface area contributed by atoms with Crippen LogP contribution in [-0.4, -0.2) is 31.9 Å². The number of halogens is 1. The summed E-state index contributed by atoms with van der Waals surface area (Å²) in [5, 5.41) is 3.76. The van der Waals surface area contributed by atoms with Crippen molar-refractivity contribution in [1.29, 1.82) is 0 Å². The number of carbonyl (C=O) groups is 1. The molecule has 0 spiro atoms. The number of carbonyl (C=O) groups excluding carboxylic acids is 1. The molecule has 0 radical (unpaired) electrons. The molecule has 0 aromatic heterocycles. The van der Waals surface area contributed by atoms with Gasteiger partial charge in [0, 0.05) is 28.6 Å². The summed E-state index contributed by atoms with van der Waals surface area (Å²) < 4.78 is 5.86. The fourth-order valence-electron chi connectivity index (χ4n) is 3.64. The lowest BCUT2D eigenvalue weighted by Gasteiger charge is -2.31. The first-order valence-electron chi connectivity index (χ1n) is 10.3. The third kappa shape index (κ3) is 5.54. The van der Waals surface area contributed by atoms with Gasteiger partial charge in [0.15, 0.2) is 0 Å². The Labute approximate surface area is 192 Å². The number of nitrogens with one attached hydrogen (secondary N) is 1. The number of nitrogens with zero attached hydrogens (tertiary/aromatic N) is 1. The van der Waals surface area contributed by atoms with Crippen molar-refractivity contribution >= 4 is 35.0 Å². The van der Waals surface area contributed by atoms with Crippen molar-refractivity contribution in [2.75, 3.05) is 30.9 Å². The van der Waals surface area contributed by atoms with Crippen molar-refractivity contribution < 1.29 is 9.53 Å². The van der Waals surface area contributed by atoms with Crippen molar-refractivity contribution in [2.45, 2.75) is 17.9 Å². The van der Waals surface area contributed by atoms with Gasteiger partial charge in [0.05, 0.1) is 12.2 Å². The summed E-state index contributed by atoms with van der Waals surface area (Å²) in [5.74, 6) is 0.658. The van der Waals surface area contributed by atoms with Gasteiger partial charge in [-0.2, -0.15) is 0 Å². The number of rotatable bonds is 7. The zero-order valence-corrected chi connectivity index (χ0v) is 19.0. The fourth-order valence-corrected chi connectivity index (χ4v) is 4.26. The second-order valence-corrected chi connectivity index (χ2v) is 8.74. The highest BCUT2D eigenvalue weighted by Crippen LogP contribution is 2.32. The average Bonchev–Trinajstić information content (AvgIpc) is 2.81. The first-order valence-corrected chi connectivity index (χ1v) is 11.9. The second kappa shape index (κ2) is 10.1. The molecule has 3 aromatic carbocycles. The van der Waals surface area contributed by atoms with Gasteiger partial charge in [-0.1, -0.05) is 35.9 Å². The molecule has 0 aliphatic carbocycles. The van der Waals surface area contributed by atoms with Gasteiger partial charge in [-0.3, -0.25) is 4.79 Å². The predicted octanol–water partition coefficient (Wildman–Crippen LogP) is 5.43. The molecular formula is C25H25ClN2O2S. The number of hydrogen-bond donors (Lipinski definition) is 1. The standard InChI is InChI=1S/C25H25ClN2O2S/c1-31-22-8-5-19(6-9-22)17-27-25(29)20-7-10-23-24(16-20)30-14-13-28(23)12-11-18-3-2-4-21(26)15-18/h2-10,15-16H,11-14,17H2,1H3,(H,27,29). The van der Waals surface area contributed by atoms with E-state index in [1.165, 1.54) is 10.5 Å². The van der Waals surface area contributed by atoms with Crippen LogP contribution >= 0.6 is 23.4 Å². The Balaban J connectivity index is 1.39. The van der Waals surface area contributed by atoms with Gasteiger partial charge in [0.1, 0.15) is 12.4 Å². The van der Waals surface area contributed by atoms with Crippen molar-refractivity contribution in [2.24, 2.45) is 0 Å². The SMILES string of the molecule is CSc1ccc(CNC(=O)c2ccc3c(c2)OCCN3CCc2cccc(Cl)c2)cc1. The van der Waals surface area contributed by atoms with E-state index in [9.17, 15) is 4.79 Å². The maximum Gasteiger partial charge on any atom is 0.251 e. The Kier molecular flexibility index (Phi) is 7.05. The van der Waals surface area contributed by atoms with Crippen LogP contribution in [0.5, 0.6) is 5.75 Å². The van der Waals surface area contributed by atoms with Crippen molar-refractivity contribution in [1.82, 2.24) is 5.32 Å². The van der Waals surface area contributed by atoms with Gasteiger partial charge in [-0.05, 0) is 66.3 Å². The van der Waals surface area contributed by atoms with E-state index in [2.05, 4.69) is 28.4 Å². The molecule has 6 heteroatoms. The van der Waals surface area contributed by atoms with E-state index in [0.29, 0.717) is 18.7 Å². The minimum atomic E-state index is -0.101. The van der Waals surface area contributed by atoms with Crippen molar-refractivity contribution in [3.63, 3.8) is 0 Å². The summed E-state index contributed by atoms with van der Waals surface area (Å²) in [4.78, 5) is 16.2. The molecule has 4 nitrogen and oxygen atoms in total. The molecule has 4 rings (SSSR count). The van der Waals surface area contributed by atoms with Gasteiger partial charge < -0.3 is 15.0 Å². The number of fused-ring (bicyclic) bond motifs is 1. The molecule has 31 heavy (non-hydrogen) atoms. The molecular weight excluding hydrogens is 428 g/mol. The van der Waals surface area contributed by atoms with Crippen molar-refractivity contribution in [3.05, 3.63) is 88.4 Å². The van der Waals surface area contributed by atoms with Gasteiger partial charge in [0.25, 0.3) is 5.91 Å². The molecule has 0 saturated carbocycles. The normalized spacial score (nSPS) is 12.8. The van der Waals surface area contributed by atoms with E-state index < -0.39 is 0 Å². The van der Waals surface area contributed by atoms with Crippen LogP contribution < -0.4 is 15.0 Å². The van der Waals surface area contributed by atoms with E-state index in [1.54, 1.807) is 11.8 Å². The van der Waals surface area contributed by atoms with Crippen LogP contribution in [0.1, 0.15) is 21.5 Å². The van der Waals surface area contributed by atoms with Gasteiger partial charge in [-0.25, -0.2) is 0 Å². The fraction of sp³-hybridized carbons (Fsp3) is 0.240. The van der Waals surface area contributed by atoms with E-state index in [1.807, 2.05) is 54.8 Å². The molecule has 0 atom stereocenters. The van der Waals surface area contributed by atoms with Crippen LogP contribution in [0.4, 0.5) is 5.69 Å².